The summed E-state index contributed by atoms with van der Waals surface area (Å²) in [6, 6.07) is 0. The first-order valence-electron chi connectivity index (χ1n) is 1.12. The Labute approximate surface area is 33.3 Å². The molecule has 0 saturated heterocycles. The van der Waals surface area contributed by atoms with Gasteiger partial charge in [0.25, 0.3) is 0 Å². The minimum Gasteiger partial charge on any atom is -0.289 e. The maximum absolute atomic E-state index is 9.56. The number of allylic oxidation sites excluding steroid dienone is 1. The molecule has 0 aliphatic rings. The number of carbonyl (C=O) groups excluding carboxylic acids is 1. The number of carbonyl (C=O) groups is 1. The summed E-state index contributed by atoms with van der Waals surface area (Å²) in [4.78, 5) is 9.56. The second-order valence-corrected chi connectivity index (χ2v) is 0.983. The lowest BCUT2D eigenvalue weighted by atomic mass is 10.7. The van der Waals surface area contributed by atoms with Crippen molar-refractivity contribution in [2.75, 3.05) is 0 Å². The van der Waals surface area contributed by atoms with Gasteiger partial charge < -0.3 is 0 Å². The van der Waals surface area contributed by atoms with E-state index in [1.807, 2.05) is 0 Å². The summed E-state index contributed by atoms with van der Waals surface area (Å²) in [5.74, 6) is 0. The molecule has 2 radical (unpaired) electrons. The van der Waals surface area contributed by atoms with Crippen molar-refractivity contribution in [3.63, 3.8) is 0 Å². The highest BCUT2D eigenvalue weighted by atomic mass is 31.0. The van der Waals surface area contributed by atoms with Gasteiger partial charge in [0.05, 0.1) is 0 Å². The van der Waals surface area contributed by atoms with E-state index >= 15 is 0 Å². The van der Waals surface area contributed by atoms with E-state index in [0.29, 0.717) is 0 Å². The third kappa shape index (κ3) is 3.84. The molecule has 0 aliphatic carbocycles. The normalized spacial score (nSPS) is 6.60. The van der Waals surface area contributed by atoms with Crippen LogP contribution >= 0.6 is 9.24 Å². The molecule has 0 rings (SSSR count). The summed E-state index contributed by atoms with van der Waals surface area (Å²) >= 11 is 0. The van der Waals surface area contributed by atoms with Gasteiger partial charge in [0.15, 0.2) is 5.52 Å². The fourth-order valence-electron chi connectivity index (χ4n) is 0. The zero-order valence-electron chi connectivity index (χ0n) is 2.64. The van der Waals surface area contributed by atoms with Crippen LogP contribution in [0.3, 0.4) is 0 Å². The standard InChI is InChI=1S/C3H3OP/c1-2-3(4)5/h2H,1H2. The van der Waals surface area contributed by atoms with E-state index in [0.717, 1.165) is 6.08 Å². The molecule has 0 aromatic carbocycles. The monoisotopic (exact) mass is 86.0 g/mol. The third-order valence-electron chi connectivity index (χ3n) is 0.175. The lowest BCUT2D eigenvalue weighted by molar-refractivity contribution is -0.107. The summed E-state index contributed by atoms with van der Waals surface area (Å²) < 4.78 is 0. The average Bonchev–Trinajstić information content (AvgIpc) is 1.38. The van der Waals surface area contributed by atoms with Gasteiger partial charge in [0.1, 0.15) is 0 Å². The third-order valence-corrected chi connectivity index (χ3v) is 0.357. The van der Waals surface area contributed by atoms with Crippen LogP contribution in [0, 0.1) is 0 Å². The molecule has 0 amide bonds. The lowest BCUT2D eigenvalue weighted by Gasteiger charge is -1.60. The first-order valence-corrected chi connectivity index (χ1v) is 1.57. The molecule has 0 unspecified atom stereocenters. The van der Waals surface area contributed by atoms with Crippen LogP contribution < -0.4 is 0 Å². The van der Waals surface area contributed by atoms with E-state index in [-0.39, 0.29) is 5.52 Å². The van der Waals surface area contributed by atoms with Crippen molar-refractivity contribution in [1.29, 1.82) is 0 Å². The fourth-order valence-corrected chi connectivity index (χ4v) is 0. The molecule has 0 N–H and O–H groups in total. The van der Waals surface area contributed by atoms with Crippen molar-refractivity contribution >= 4 is 14.8 Å². The molecule has 0 atom stereocenters. The van der Waals surface area contributed by atoms with Crippen LogP contribution in [-0.4, -0.2) is 5.52 Å². The quantitative estimate of drug-likeness (QED) is 0.345. The molecular weight excluding hydrogens is 83.0 g/mol. The van der Waals surface area contributed by atoms with Crippen LogP contribution in [0.2, 0.25) is 0 Å². The maximum atomic E-state index is 9.56. The van der Waals surface area contributed by atoms with Crippen molar-refractivity contribution in [3.8, 4) is 0 Å². The average molecular weight is 86.0 g/mol. The Kier molecular flexibility index (Phi) is 2.03. The SMILES string of the molecule is C=CC(=O)[P]. The minimum atomic E-state index is -0.287. The highest BCUT2D eigenvalue weighted by molar-refractivity contribution is 7.40. The zero-order chi connectivity index (χ0) is 4.28. The first-order chi connectivity index (χ1) is 2.27. The summed E-state index contributed by atoms with van der Waals surface area (Å²) in [6.45, 7) is 3.13. The second kappa shape index (κ2) is 2.10. The number of hydrogen-bond donors (Lipinski definition) is 0. The van der Waals surface area contributed by atoms with Crippen LogP contribution in [0.1, 0.15) is 0 Å². The molecule has 26 valence electrons. The largest absolute Gasteiger partial charge is 0.289 e. The van der Waals surface area contributed by atoms with Gasteiger partial charge in [-0.3, -0.25) is 4.79 Å². The molecule has 2 heteroatoms. The van der Waals surface area contributed by atoms with Gasteiger partial charge >= 0.3 is 0 Å². The fraction of sp³-hybridized carbons (Fsp3) is 0. The van der Waals surface area contributed by atoms with Gasteiger partial charge in [-0.2, -0.15) is 0 Å². The molecule has 0 saturated carbocycles. The van der Waals surface area contributed by atoms with Crippen LogP contribution in [0.15, 0.2) is 12.7 Å². The molecule has 0 heterocycles. The van der Waals surface area contributed by atoms with Gasteiger partial charge in [-0.1, -0.05) is 6.58 Å². The highest BCUT2D eigenvalue weighted by Crippen LogP contribution is 1.80. The molecular formula is C3H3OP. The Bertz CT molecular complexity index is 57.9. The Morgan fingerprint density at radius 2 is 2.20 bits per heavy atom. The van der Waals surface area contributed by atoms with Crippen molar-refractivity contribution in [2.24, 2.45) is 0 Å². The summed E-state index contributed by atoms with van der Waals surface area (Å²) in [6.07, 6.45) is 1.14. The van der Waals surface area contributed by atoms with E-state index < -0.39 is 0 Å². The molecule has 5 heavy (non-hydrogen) atoms. The van der Waals surface area contributed by atoms with E-state index in [2.05, 4.69) is 15.8 Å². The van der Waals surface area contributed by atoms with Crippen molar-refractivity contribution in [2.45, 2.75) is 0 Å². The summed E-state index contributed by atoms with van der Waals surface area (Å²) in [5, 5.41) is 0. The first kappa shape index (κ1) is 4.84. The lowest BCUT2D eigenvalue weighted by Crippen LogP contribution is -1.66. The molecule has 0 aromatic rings. The molecule has 0 spiro atoms. The molecule has 0 fully saturated rings. The molecule has 1 nitrogen and oxygen atoms in total. The minimum absolute atomic E-state index is 0.287. The Hall–Kier alpha value is -0.160. The van der Waals surface area contributed by atoms with Crippen molar-refractivity contribution < 1.29 is 4.79 Å². The Balaban J connectivity index is 3.20. The molecule has 0 aliphatic heterocycles. The highest BCUT2D eigenvalue weighted by Gasteiger charge is 1.72. The zero-order valence-corrected chi connectivity index (χ0v) is 3.53. The van der Waals surface area contributed by atoms with E-state index in [9.17, 15) is 4.79 Å². The van der Waals surface area contributed by atoms with E-state index in [1.165, 1.54) is 0 Å². The van der Waals surface area contributed by atoms with Gasteiger partial charge in [-0.15, -0.1) is 0 Å². The van der Waals surface area contributed by atoms with Crippen molar-refractivity contribution in [1.82, 2.24) is 0 Å². The predicted molar refractivity (Wildman–Crippen MR) is 22.1 cm³/mol. The van der Waals surface area contributed by atoms with E-state index in [4.69, 9.17) is 0 Å². The van der Waals surface area contributed by atoms with Gasteiger partial charge in [0, 0.05) is 9.24 Å². The van der Waals surface area contributed by atoms with Crippen LogP contribution in [0.5, 0.6) is 0 Å². The number of hydrogen-bond acceptors (Lipinski definition) is 1. The summed E-state index contributed by atoms with van der Waals surface area (Å²) in [5.41, 5.74) is -0.287. The Morgan fingerprint density at radius 1 is 2.00 bits per heavy atom. The Morgan fingerprint density at radius 3 is 2.20 bits per heavy atom. The molecule has 0 bridgehead atoms. The smallest absolute Gasteiger partial charge is 0.186 e. The second-order valence-electron chi connectivity index (χ2n) is 0.542. The molecule has 0 aromatic heterocycles. The van der Waals surface area contributed by atoms with Gasteiger partial charge in [-0.25, -0.2) is 0 Å². The van der Waals surface area contributed by atoms with E-state index in [1.54, 1.807) is 0 Å². The van der Waals surface area contributed by atoms with Gasteiger partial charge in [0.2, 0.25) is 0 Å². The van der Waals surface area contributed by atoms with Crippen LogP contribution in [0.4, 0.5) is 0 Å². The van der Waals surface area contributed by atoms with Gasteiger partial charge in [-0.05, 0) is 6.08 Å². The number of rotatable bonds is 1. The van der Waals surface area contributed by atoms with Crippen molar-refractivity contribution in [3.05, 3.63) is 12.7 Å². The van der Waals surface area contributed by atoms with Crippen LogP contribution in [-0.2, 0) is 4.79 Å². The maximum Gasteiger partial charge on any atom is 0.186 e. The van der Waals surface area contributed by atoms with Crippen LogP contribution in [0.25, 0.3) is 0 Å². The summed E-state index contributed by atoms with van der Waals surface area (Å²) in [7, 11) is 3.34. The predicted octanol–water partition coefficient (Wildman–Crippen LogP) is 1.11. The topological polar surface area (TPSA) is 17.1 Å².